The Bertz CT molecular complexity index is 1010. The molecule has 1 aromatic carbocycles. The molecule has 2 aliphatic rings. The van der Waals surface area contributed by atoms with E-state index in [4.69, 9.17) is 9.47 Å². The Kier molecular flexibility index (Phi) is 6.10. The lowest BCUT2D eigenvalue weighted by Crippen LogP contribution is -2.50. The second-order valence-corrected chi connectivity index (χ2v) is 9.15. The van der Waals surface area contributed by atoms with Crippen LogP contribution in [0.25, 0.3) is 11.0 Å². The standard InChI is InChI=1S/C23H32FN3O4/c1-14-11-26(12-15(2)31-14)22(28)17-7-5-16(6-8-17)13-27-20-10-21(30-4)18(24)9-19(20)25(3)23(27)29/h9-10,14-17H,5-8,11-13H2,1-4H3. The summed E-state index contributed by atoms with van der Waals surface area (Å²) < 4.78 is 28.2. The minimum atomic E-state index is -0.478. The van der Waals surface area contributed by atoms with E-state index in [1.807, 2.05) is 18.7 Å². The van der Waals surface area contributed by atoms with Crippen molar-refractivity contribution in [3.63, 3.8) is 0 Å². The van der Waals surface area contributed by atoms with Crippen LogP contribution in [0, 0.1) is 17.7 Å². The van der Waals surface area contributed by atoms with Gasteiger partial charge >= 0.3 is 5.69 Å². The summed E-state index contributed by atoms with van der Waals surface area (Å²) in [5, 5.41) is 0. The number of aromatic nitrogens is 2. The molecule has 31 heavy (non-hydrogen) atoms. The van der Waals surface area contributed by atoms with Crippen molar-refractivity contribution in [2.45, 2.75) is 58.3 Å². The molecule has 0 spiro atoms. The van der Waals surface area contributed by atoms with Gasteiger partial charge in [0.05, 0.1) is 30.4 Å². The molecule has 0 bridgehead atoms. The number of methoxy groups -OCH3 is 1. The molecule has 2 aromatic rings. The number of hydrogen-bond donors (Lipinski definition) is 0. The fourth-order valence-corrected chi connectivity index (χ4v) is 5.20. The van der Waals surface area contributed by atoms with Crippen LogP contribution in [-0.2, 0) is 23.1 Å². The summed E-state index contributed by atoms with van der Waals surface area (Å²) in [5.74, 6) is 0.254. The molecule has 8 heteroatoms. The number of hydrogen-bond acceptors (Lipinski definition) is 4. The van der Waals surface area contributed by atoms with Crippen LogP contribution in [0.15, 0.2) is 16.9 Å². The number of nitrogens with zero attached hydrogens (tertiary/aromatic N) is 3. The van der Waals surface area contributed by atoms with Crippen LogP contribution in [0.4, 0.5) is 4.39 Å². The van der Waals surface area contributed by atoms with Crippen LogP contribution in [0.5, 0.6) is 5.75 Å². The van der Waals surface area contributed by atoms with Crippen molar-refractivity contribution in [3.05, 3.63) is 28.4 Å². The largest absolute Gasteiger partial charge is 0.494 e. The van der Waals surface area contributed by atoms with Crippen LogP contribution in [0.1, 0.15) is 39.5 Å². The van der Waals surface area contributed by atoms with Gasteiger partial charge in [0, 0.05) is 44.7 Å². The summed E-state index contributed by atoms with van der Waals surface area (Å²) in [5.41, 5.74) is 1.08. The quantitative estimate of drug-likeness (QED) is 0.744. The van der Waals surface area contributed by atoms with Gasteiger partial charge in [0.15, 0.2) is 11.6 Å². The third kappa shape index (κ3) is 4.22. The van der Waals surface area contributed by atoms with Gasteiger partial charge in [0.1, 0.15) is 0 Å². The molecule has 0 N–H and O–H groups in total. The number of benzene rings is 1. The van der Waals surface area contributed by atoms with E-state index in [1.54, 1.807) is 17.7 Å². The van der Waals surface area contributed by atoms with Gasteiger partial charge in [-0.15, -0.1) is 0 Å². The van der Waals surface area contributed by atoms with Gasteiger partial charge in [-0.25, -0.2) is 9.18 Å². The molecule has 4 rings (SSSR count). The number of carbonyl (C=O) groups is 1. The average Bonchev–Trinajstić information content (AvgIpc) is 2.96. The van der Waals surface area contributed by atoms with Gasteiger partial charge in [-0.05, 0) is 45.4 Å². The van der Waals surface area contributed by atoms with E-state index in [0.29, 0.717) is 36.6 Å². The summed E-state index contributed by atoms with van der Waals surface area (Å²) >= 11 is 0. The number of aryl methyl sites for hydroxylation is 1. The Morgan fingerprint density at radius 3 is 2.39 bits per heavy atom. The van der Waals surface area contributed by atoms with Crippen molar-refractivity contribution in [2.24, 2.45) is 18.9 Å². The third-order valence-corrected chi connectivity index (χ3v) is 6.79. The van der Waals surface area contributed by atoms with Crippen LogP contribution in [0.2, 0.25) is 0 Å². The maximum absolute atomic E-state index is 14.1. The van der Waals surface area contributed by atoms with Gasteiger partial charge < -0.3 is 14.4 Å². The zero-order chi connectivity index (χ0) is 22.3. The number of ether oxygens (including phenoxy) is 2. The molecule has 1 saturated carbocycles. The van der Waals surface area contributed by atoms with Crippen molar-refractivity contribution < 1.29 is 18.7 Å². The minimum absolute atomic E-state index is 0.0483. The van der Waals surface area contributed by atoms with Crippen molar-refractivity contribution >= 4 is 16.9 Å². The second-order valence-electron chi connectivity index (χ2n) is 9.15. The van der Waals surface area contributed by atoms with E-state index in [-0.39, 0.29) is 35.5 Å². The van der Waals surface area contributed by atoms with E-state index in [2.05, 4.69) is 0 Å². The number of fused-ring (bicyclic) bond motifs is 1. The van der Waals surface area contributed by atoms with Crippen LogP contribution < -0.4 is 10.4 Å². The molecule has 2 fully saturated rings. The number of rotatable bonds is 4. The minimum Gasteiger partial charge on any atom is -0.494 e. The lowest BCUT2D eigenvalue weighted by Gasteiger charge is -2.38. The molecule has 1 aliphatic heterocycles. The summed E-state index contributed by atoms with van der Waals surface area (Å²) in [6.45, 7) is 5.91. The summed E-state index contributed by atoms with van der Waals surface area (Å²) in [6.07, 6.45) is 3.61. The number of imidazole rings is 1. The smallest absolute Gasteiger partial charge is 0.328 e. The molecule has 1 amide bonds. The Balaban J connectivity index is 1.45. The molecule has 170 valence electrons. The second kappa shape index (κ2) is 8.65. The number of morpholine rings is 1. The molecule has 2 unspecified atom stereocenters. The van der Waals surface area contributed by atoms with Gasteiger partial charge in [-0.1, -0.05) is 0 Å². The third-order valence-electron chi connectivity index (χ3n) is 6.79. The first-order chi connectivity index (χ1) is 14.8. The summed E-state index contributed by atoms with van der Waals surface area (Å²) in [4.78, 5) is 27.8. The fraction of sp³-hybridized carbons (Fsp3) is 0.652. The first kappa shape index (κ1) is 21.9. The maximum atomic E-state index is 14.1. The molecule has 2 atom stereocenters. The molecule has 2 heterocycles. The molecule has 0 radical (unpaired) electrons. The predicted molar refractivity (Wildman–Crippen MR) is 116 cm³/mol. The Labute approximate surface area is 181 Å². The molecule has 1 aliphatic carbocycles. The molecule has 1 aromatic heterocycles. The first-order valence-electron chi connectivity index (χ1n) is 11.2. The average molecular weight is 434 g/mol. The predicted octanol–water partition coefficient (Wildman–Crippen LogP) is 2.93. The first-order valence-corrected chi connectivity index (χ1v) is 11.2. The van der Waals surface area contributed by atoms with Gasteiger partial charge in [-0.3, -0.25) is 13.9 Å². The zero-order valence-corrected chi connectivity index (χ0v) is 18.8. The zero-order valence-electron chi connectivity index (χ0n) is 18.8. The molecular formula is C23H32FN3O4. The van der Waals surface area contributed by atoms with Crippen LogP contribution in [-0.4, -0.2) is 52.3 Å². The molecular weight excluding hydrogens is 401 g/mol. The molecule has 1 saturated heterocycles. The monoisotopic (exact) mass is 433 g/mol. The van der Waals surface area contributed by atoms with Gasteiger partial charge in [-0.2, -0.15) is 0 Å². The van der Waals surface area contributed by atoms with Gasteiger partial charge in [0.2, 0.25) is 5.91 Å². The summed E-state index contributed by atoms with van der Waals surface area (Å²) in [6, 6.07) is 2.95. The highest BCUT2D eigenvalue weighted by molar-refractivity contribution is 5.79. The number of halogens is 1. The van der Waals surface area contributed by atoms with Crippen molar-refractivity contribution in [2.75, 3.05) is 20.2 Å². The SMILES string of the molecule is COc1cc2c(cc1F)n(C)c(=O)n2CC1CCC(C(=O)N2CC(C)OC(C)C2)CC1. The van der Waals surface area contributed by atoms with Crippen molar-refractivity contribution in [1.29, 1.82) is 0 Å². The topological polar surface area (TPSA) is 65.7 Å². The highest BCUT2D eigenvalue weighted by Gasteiger charge is 2.33. The van der Waals surface area contributed by atoms with Gasteiger partial charge in [0.25, 0.3) is 0 Å². The highest BCUT2D eigenvalue weighted by atomic mass is 19.1. The highest BCUT2D eigenvalue weighted by Crippen LogP contribution is 2.33. The number of amides is 1. The van der Waals surface area contributed by atoms with E-state index in [0.717, 1.165) is 25.7 Å². The van der Waals surface area contributed by atoms with E-state index in [1.165, 1.54) is 17.7 Å². The number of carbonyl (C=O) groups excluding carboxylic acids is 1. The van der Waals surface area contributed by atoms with E-state index >= 15 is 0 Å². The maximum Gasteiger partial charge on any atom is 0.328 e. The van der Waals surface area contributed by atoms with Crippen molar-refractivity contribution in [1.82, 2.24) is 14.0 Å². The van der Waals surface area contributed by atoms with Crippen LogP contribution in [0.3, 0.4) is 0 Å². The van der Waals surface area contributed by atoms with Crippen LogP contribution >= 0.6 is 0 Å². The van der Waals surface area contributed by atoms with E-state index in [9.17, 15) is 14.0 Å². The lowest BCUT2D eigenvalue weighted by atomic mass is 9.81. The Morgan fingerprint density at radius 2 is 1.77 bits per heavy atom. The lowest BCUT2D eigenvalue weighted by molar-refractivity contribution is -0.148. The summed E-state index contributed by atoms with van der Waals surface area (Å²) in [7, 11) is 3.08. The Hall–Kier alpha value is -2.35. The van der Waals surface area contributed by atoms with E-state index < -0.39 is 5.82 Å². The van der Waals surface area contributed by atoms with Crippen molar-refractivity contribution in [3.8, 4) is 5.75 Å². The Morgan fingerprint density at radius 1 is 1.13 bits per heavy atom. The fourth-order valence-electron chi connectivity index (χ4n) is 5.20. The molecule has 7 nitrogen and oxygen atoms in total. The normalized spacial score (nSPS) is 26.9.